The third kappa shape index (κ3) is 43.4. The second-order valence-electron chi connectivity index (χ2n) is 30.4. The number of ketones is 1. The largest absolute Gasteiger partial charge is 0.445 e. The van der Waals surface area contributed by atoms with Crippen LogP contribution in [0.15, 0.2) is 127 Å². The highest BCUT2D eigenvalue weighted by molar-refractivity contribution is 6.32. The van der Waals surface area contributed by atoms with Crippen LogP contribution in [0.3, 0.4) is 0 Å². The summed E-state index contributed by atoms with van der Waals surface area (Å²) >= 11 is 25.1. The molecule has 0 spiro atoms. The smallest absolute Gasteiger partial charge is 0.408 e. The second kappa shape index (κ2) is 62.3. The average Bonchev–Trinajstić information content (AvgIpc) is 1.66. The lowest BCUT2D eigenvalue weighted by atomic mass is 10.0. The fraction of sp³-hybridized carbons (Fsp3) is 0.494. The number of nitrogens with two attached hydrogens (primary N) is 4. The first kappa shape index (κ1) is 107. The van der Waals surface area contributed by atoms with Crippen LogP contribution in [0.1, 0.15) is 137 Å². The lowest BCUT2D eigenvalue weighted by Crippen LogP contribution is -2.52. The average molecular weight is 1870 g/mol. The van der Waals surface area contributed by atoms with Crippen LogP contribution in [-0.2, 0) is 94.9 Å². The number of nitrogens with one attached hydrogen (secondary N) is 13. The Labute approximate surface area is 772 Å². The van der Waals surface area contributed by atoms with E-state index in [0.717, 1.165) is 16.6 Å². The maximum Gasteiger partial charge on any atom is 0.408 e. The zero-order valence-corrected chi connectivity index (χ0v) is 75.8. The van der Waals surface area contributed by atoms with E-state index in [0.29, 0.717) is 120 Å². The molecule has 1 heterocycles. The normalized spacial score (nSPS) is 12.2. The van der Waals surface area contributed by atoms with Crippen molar-refractivity contribution in [3.05, 3.63) is 175 Å². The van der Waals surface area contributed by atoms with Gasteiger partial charge in [0.15, 0.2) is 5.78 Å². The maximum atomic E-state index is 15.5. The first-order valence-corrected chi connectivity index (χ1v) is 45.1. The number of hydrogen-bond acceptors (Lipinski definition) is 23. The Morgan fingerprint density at radius 1 is 0.341 bits per heavy atom. The quantitative estimate of drug-likeness (QED) is 0.0144. The molecule has 0 saturated carbocycles. The Balaban J connectivity index is 1.24. The van der Waals surface area contributed by atoms with Crippen LogP contribution in [0.2, 0.25) is 20.1 Å². The number of carbonyl (C=O) groups is 13. The van der Waals surface area contributed by atoms with Crippen molar-refractivity contribution >= 4 is 135 Å². The molecule has 12 amide bonds. The van der Waals surface area contributed by atoms with Gasteiger partial charge in [-0.05, 0) is 151 Å². The molecule has 0 bridgehead atoms. The SMILES string of the molecule is NCCCC[C@H](NC(=O)OCc1ccccc1Cl)C(=O)NCCNC(=O)CCN(CCC(=O)NCCNC(=O)[C@@H](CCCCN)NC(=O)OCc1ccccc1Cl)C[C@@H](C(=O)CCc1cc2ccccc2[nH]1)N(CCC(=O)NCCNC(=O)[C@H](CCCCN)NC(=O)OCc1ccccc1Cl)CCC(=O)NCCNC(=O)[C@H](CCCCN)NC(=O)OCc1ccccc1Cl. The third-order valence-electron chi connectivity index (χ3n) is 20.5. The van der Waals surface area contributed by atoms with Crippen LogP contribution in [0, 0.1) is 0 Å². The van der Waals surface area contributed by atoms with Crippen molar-refractivity contribution in [1.82, 2.24) is 78.6 Å². The van der Waals surface area contributed by atoms with Crippen molar-refractivity contribution in [2.75, 3.05) is 111 Å². The van der Waals surface area contributed by atoms with Crippen molar-refractivity contribution in [1.29, 1.82) is 0 Å². The first-order valence-electron chi connectivity index (χ1n) is 43.6. The van der Waals surface area contributed by atoms with Crippen molar-refractivity contribution in [2.24, 2.45) is 22.9 Å². The summed E-state index contributed by atoms with van der Waals surface area (Å²) in [5, 5.41) is 35.2. The monoisotopic (exact) mass is 1870 g/mol. The van der Waals surface area contributed by atoms with Crippen LogP contribution in [0.25, 0.3) is 10.9 Å². The minimum atomic E-state index is -1.18. The molecule has 6 rings (SSSR count). The van der Waals surface area contributed by atoms with E-state index in [1.54, 1.807) is 107 Å². The van der Waals surface area contributed by atoms with Gasteiger partial charge in [0.2, 0.25) is 47.3 Å². The summed E-state index contributed by atoms with van der Waals surface area (Å²) < 4.78 is 21.6. The fourth-order valence-electron chi connectivity index (χ4n) is 13.3. The summed E-state index contributed by atoms with van der Waals surface area (Å²) in [6, 6.07) is 31.3. The fourth-order valence-corrected chi connectivity index (χ4v) is 14.1. The van der Waals surface area contributed by atoms with Gasteiger partial charge >= 0.3 is 24.4 Å². The first-order chi connectivity index (χ1) is 62.4. The Hall–Kier alpha value is -10.9. The van der Waals surface area contributed by atoms with Gasteiger partial charge in [-0.2, -0.15) is 0 Å². The lowest BCUT2D eigenvalue weighted by Gasteiger charge is -2.35. The van der Waals surface area contributed by atoms with E-state index in [2.05, 4.69) is 68.8 Å². The molecule has 1 aromatic heterocycles. The van der Waals surface area contributed by atoms with Gasteiger partial charge in [-0.25, -0.2) is 19.2 Å². The number of unbranched alkanes of at least 4 members (excludes halogenated alkanes) is 4. The van der Waals surface area contributed by atoms with Crippen LogP contribution in [-0.4, -0.2) is 234 Å². The molecule has 0 aliphatic rings. The zero-order valence-electron chi connectivity index (χ0n) is 72.7. The number of benzene rings is 5. The van der Waals surface area contributed by atoms with Gasteiger partial charge in [-0.15, -0.1) is 0 Å². The number of carbonyl (C=O) groups excluding carboxylic acids is 13. The predicted molar refractivity (Wildman–Crippen MR) is 492 cm³/mol. The number of H-pyrrole nitrogens is 1. The molecule has 21 N–H and O–H groups in total. The van der Waals surface area contributed by atoms with Crippen LogP contribution >= 0.6 is 46.4 Å². The number of amides is 12. The van der Waals surface area contributed by atoms with Gasteiger partial charge in [0.25, 0.3) is 0 Å². The Morgan fingerprint density at radius 3 is 0.915 bits per heavy atom. The number of aromatic amines is 1. The molecular weight excluding hydrogens is 1750 g/mol. The Bertz CT molecular complexity index is 4260. The van der Waals surface area contributed by atoms with E-state index in [4.69, 9.17) is 88.3 Å². The summed E-state index contributed by atoms with van der Waals surface area (Å²) in [5.74, 6) is -4.67. The minimum Gasteiger partial charge on any atom is -0.445 e. The topological polar surface area (TPSA) is 530 Å². The van der Waals surface area contributed by atoms with Gasteiger partial charge < -0.3 is 116 Å². The van der Waals surface area contributed by atoms with E-state index < -0.39 is 102 Å². The number of para-hydroxylation sites is 1. The Kier molecular flexibility index (Phi) is 51.6. The molecule has 0 aliphatic carbocycles. The Morgan fingerprint density at radius 2 is 0.620 bits per heavy atom. The summed E-state index contributed by atoms with van der Waals surface area (Å²) in [6.45, 7) is -0.699. The molecule has 129 heavy (non-hydrogen) atoms. The summed E-state index contributed by atoms with van der Waals surface area (Å²) in [6.07, 6.45) is 0.622. The number of halogens is 4. The van der Waals surface area contributed by atoms with E-state index in [1.807, 2.05) is 30.3 Å². The highest BCUT2D eigenvalue weighted by Gasteiger charge is 2.32. The van der Waals surface area contributed by atoms with Crippen molar-refractivity contribution in [3.63, 3.8) is 0 Å². The summed E-state index contributed by atoms with van der Waals surface area (Å²) in [7, 11) is 0. The van der Waals surface area contributed by atoms with Crippen molar-refractivity contribution < 1.29 is 81.3 Å². The highest BCUT2D eigenvalue weighted by atomic mass is 35.5. The van der Waals surface area contributed by atoms with E-state index >= 15 is 4.79 Å². The lowest BCUT2D eigenvalue weighted by molar-refractivity contribution is -0.128. The van der Waals surface area contributed by atoms with Gasteiger partial charge in [-0.3, -0.25) is 48.1 Å². The van der Waals surface area contributed by atoms with Crippen LogP contribution in [0.5, 0.6) is 0 Å². The molecule has 6 aromatic rings. The van der Waals surface area contributed by atoms with Crippen molar-refractivity contribution in [3.8, 4) is 0 Å². The molecule has 36 nitrogen and oxygen atoms in total. The van der Waals surface area contributed by atoms with Gasteiger partial charge in [0.05, 0.1) is 6.04 Å². The van der Waals surface area contributed by atoms with Gasteiger partial charge in [-0.1, -0.05) is 137 Å². The molecule has 0 aliphatic heterocycles. The number of alkyl carbamates (subject to hydrolysis) is 4. The van der Waals surface area contributed by atoms with Crippen LogP contribution < -0.4 is 86.7 Å². The minimum absolute atomic E-state index is 0.0790. The number of aryl methyl sites for hydroxylation is 1. The molecule has 5 atom stereocenters. The third-order valence-corrected chi connectivity index (χ3v) is 22.0. The predicted octanol–water partition coefficient (Wildman–Crippen LogP) is 6.44. The molecular formula is C89H125Cl4N19O17. The van der Waals surface area contributed by atoms with E-state index in [-0.39, 0.29) is 182 Å². The molecule has 40 heteroatoms. The number of hydrogen-bond donors (Lipinski definition) is 17. The maximum absolute atomic E-state index is 15.5. The number of Topliss-reactive ketones (excluding diaryl/α,β-unsaturated/α-hetero) is 1. The van der Waals surface area contributed by atoms with Crippen LogP contribution in [0.4, 0.5) is 19.2 Å². The summed E-state index contributed by atoms with van der Waals surface area (Å²) in [4.78, 5) is 186. The molecule has 706 valence electrons. The zero-order chi connectivity index (χ0) is 93.3. The van der Waals surface area contributed by atoms with Crippen molar-refractivity contribution in [2.45, 2.75) is 172 Å². The number of rotatable bonds is 63. The molecule has 5 aromatic carbocycles. The molecule has 0 radical (unpaired) electrons. The number of ether oxygens (including phenoxy) is 4. The molecule has 0 saturated heterocycles. The van der Waals surface area contributed by atoms with Gasteiger partial charge in [0.1, 0.15) is 50.6 Å². The number of nitrogens with zero attached hydrogens (tertiary/aromatic N) is 2. The number of fused-ring (bicyclic) bond motifs is 1. The standard InChI is InChI=1S/C89H125Cl4N19O17/c90-67-24-6-1-20-62(67)57-126-86(122)107-72(29-11-15-39-94)82(118)102-47-43-98-78(114)35-51-111(52-36-79(115)99-44-48-103-83(119)73(30-12-16-40-95)108-87(123)127-58-63-21-2-7-25-68(63)91)56-76(77(113)34-33-66-55-61-19-5-10-28-71(61)106-66)112(53-37-80(116)100-45-49-104-84(120)74(31-13-17-41-96)109-88(124)128-59-64-22-3-8-26-69(64)92)54-38-81(117)101-46-50-105-85(121)75(32-14-18-42-97)110-89(125)129-60-65-23-4-9-27-70(65)93/h1-10,19-28,55,72-76,106H,11-18,29-54,56-60,94-97H2,(H,98,114)(H,99,115)(H,100,116)(H,101,117)(H,102,118)(H,103,119)(H,104,120)(H,105,121)(H,107,122)(H,108,123)(H,109,124)(H,110,125)/t72-,73+,74-,75-,76-/m0/s1. The number of aromatic nitrogens is 1. The summed E-state index contributed by atoms with van der Waals surface area (Å²) in [5.41, 5.74) is 26.8. The van der Waals surface area contributed by atoms with Gasteiger partial charge in [0, 0.05) is 171 Å². The molecule has 0 fully saturated rings. The molecule has 0 unspecified atom stereocenters. The van der Waals surface area contributed by atoms with E-state index in [9.17, 15) is 57.5 Å². The highest BCUT2D eigenvalue weighted by Crippen LogP contribution is 2.23. The van der Waals surface area contributed by atoms with E-state index in [1.165, 1.54) is 0 Å². The second-order valence-corrected chi connectivity index (χ2v) is 32.0.